The van der Waals surface area contributed by atoms with Crippen LogP contribution in [-0.4, -0.2) is 21.0 Å². The van der Waals surface area contributed by atoms with Gasteiger partial charge in [0.15, 0.2) is 5.82 Å². The molecule has 5 nitrogen and oxygen atoms in total. The number of nitrogens with zero attached hydrogens (tertiary/aromatic N) is 2. The van der Waals surface area contributed by atoms with Gasteiger partial charge in [0, 0.05) is 5.69 Å². The van der Waals surface area contributed by atoms with E-state index < -0.39 is 11.8 Å². The molecule has 0 aliphatic carbocycles. The SMILES string of the molecule is O=C(O)c1cc(Nc2ncc(F)cn2)ccc1Cl. The first-order valence-electron chi connectivity index (χ1n) is 4.83. The van der Waals surface area contributed by atoms with E-state index in [9.17, 15) is 9.18 Å². The molecule has 0 radical (unpaired) electrons. The number of hydrogen-bond donors (Lipinski definition) is 2. The fourth-order valence-electron chi connectivity index (χ4n) is 1.27. The van der Waals surface area contributed by atoms with Gasteiger partial charge in [-0.3, -0.25) is 0 Å². The number of benzene rings is 1. The minimum Gasteiger partial charge on any atom is -0.478 e. The standard InChI is InChI=1S/C11H7ClFN3O2/c12-9-2-1-7(3-8(9)10(17)18)16-11-14-4-6(13)5-15-11/h1-5H,(H,17,18)(H,14,15,16). The van der Waals surface area contributed by atoms with Gasteiger partial charge in [0.1, 0.15) is 0 Å². The molecule has 0 unspecified atom stereocenters. The highest BCUT2D eigenvalue weighted by atomic mass is 35.5. The summed E-state index contributed by atoms with van der Waals surface area (Å²) < 4.78 is 12.6. The average Bonchev–Trinajstić information content (AvgIpc) is 2.34. The van der Waals surface area contributed by atoms with Gasteiger partial charge in [-0.2, -0.15) is 0 Å². The van der Waals surface area contributed by atoms with E-state index in [4.69, 9.17) is 16.7 Å². The summed E-state index contributed by atoms with van der Waals surface area (Å²) in [7, 11) is 0. The van der Waals surface area contributed by atoms with Gasteiger partial charge in [0.25, 0.3) is 0 Å². The van der Waals surface area contributed by atoms with Gasteiger partial charge in [-0.25, -0.2) is 19.2 Å². The molecule has 7 heteroatoms. The summed E-state index contributed by atoms with van der Waals surface area (Å²) in [5.41, 5.74) is 0.409. The van der Waals surface area contributed by atoms with Crippen molar-refractivity contribution in [3.05, 3.63) is 47.0 Å². The number of hydrogen-bond acceptors (Lipinski definition) is 4. The summed E-state index contributed by atoms with van der Waals surface area (Å²) >= 11 is 5.73. The van der Waals surface area contributed by atoms with Crippen LogP contribution in [0.15, 0.2) is 30.6 Å². The zero-order valence-corrected chi connectivity index (χ0v) is 9.65. The van der Waals surface area contributed by atoms with Crippen molar-refractivity contribution in [2.45, 2.75) is 0 Å². The van der Waals surface area contributed by atoms with E-state index in [0.29, 0.717) is 5.69 Å². The van der Waals surface area contributed by atoms with Gasteiger partial charge >= 0.3 is 5.97 Å². The van der Waals surface area contributed by atoms with Crippen molar-refractivity contribution in [3.63, 3.8) is 0 Å². The lowest BCUT2D eigenvalue weighted by Crippen LogP contribution is -2.01. The van der Waals surface area contributed by atoms with Gasteiger partial charge in [-0.15, -0.1) is 0 Å². The van der Waals surface area contributed by atoms with Crippen LogP contribution in [0.3, 0.4) is 0 Å². The third-order valence-corrected chi connectivity index (χ3v) is 2.40. The second-order valence-electron chi connectivity index (χ2n) is 3.35. The predicted molar refractivity (Wildman–Crippen MR) is 63.7 cm³/mol. The first-order chi connectivity index (χ1) is 8.56. The van der Waals surface area contributed by atoms with Crippen LogP contribution in [0.5, 0.6) is 0 Å². The lowest BCUT2D eigenvalue weighted by molar-refractivity contribution is 0.0697. The number of nitrogens with one attached hydrogen (secondary N) is 1. The average molecular weight is 268 g/mol. The molecule has 2 N–H and O–H groups in total. The van der Waals surface area contributed by atoms with Crippen LogP contribution in [0.25, 0.3) is 0 Å². The molecule has 1 aromatic carbocycles. The molecule has 0 saturated carbocycles. The Balaban J connectivity index is 2.27. The number of carboxylic acids is 1. The van der Waals surface area contributed by atoms with Crippen LogP contribution in [0.2, 0.25) is 5.02 Å². The van der Waals surface area contributed by atoms with E-state index in [2.05, 4.69) is 15.3 Å². The van der Waals surface area contributed by atoms with Crippen LogP contribution in [-0.2, 0) is 0 Å². The Morgan fingerprint density at radius 3 is 2.61 bits per heavy atom. The molecule has 0 aliphatic rings. The molecule has 0 bridgehead atoms. The Hall–Kier alpha value is -2.21. The van der Waals surface area contributed by atoms with Crippen molar-refractivity contribution in [2.24, 2.45) is 0 Å². The molecular formula is C11H7ClFN3O2. The summed E-state index contributed by atoms with van der Waals surface area (Å²) in [6.45, 7) is 0. The third kappa shape index (κ3) is 2.72. The molecule has 1 heterocycles. The van der Waals surface area contributed by atoms with Crippen LogP contribution < -0.4 is 5.32 Å². The Morgan fingerprint density at radius 2 is 2.00 bits per heavy atom. The highest BCUT2D eigenvalue weighted by Gasteiger charge is 2.09. The smallest absolute Gasteiger partial charge is 0.337 e. The van der Waals surface area contributed by atoms with Crippen molar-refractivity contribution >= 4 is 29.2 Å². The highest BCUT2D eigenvalue weighted by molar-refractivity contribution is 6.33. The van der Waals surface area contributed by atoms with Crippen molar-refractivity contribution in [3.8, 4) is 0 Å². The lowest BCUT2D eigenvalue weighted by Gasteiger charge is -2.06. The minimum atomic E-state index is -1.14. The van der Waals surface area contributed by atoms with Gasteiger partial charge in [-0.1, -0.05) is 11.6 Å². The summed E-state index contributed by atoms with van der Waals surface area (Å²) in [5.74, 6) is -1.53. The summed E-state index contributed by atoms with van der Waals surface area (Å²) in [5, 5.41) is 11.8. The largest absolute Gasteiger partial charge is 0.478 e. The molecule has 0 atom stereocenters. The number of anilines is 2. The van der Waals surface area contributed by atoms with Gasteiger partial charge < -0.3 is 10.4 Å². The molecular weight excluding hydrogens is 261 g/mol. The predicted octanol–water partition coefficient (Wildman–Crippen LogP) is 2.71. The fraction of sp³-hybridized carbons (Fsp3) is 0. The van der Waals surface area contributed by atoms with E-state index in [0.717, 1.165) is 12.4 Å². The molecule has 0 fully saturated rings. The molecule has 0 saturated heterocycles. The zero-order chi connectivity index (χ0) is 13.1. The molecule has 2 aromatic rings. The number of aromatic carboxylic acids is 1. The second kappa shape index (κ2) is 4.97. The Labute approximate surface area is 106 Å². The van der Waals surface area contributed by atoms with Crippen LogP contribution in [0.4, 0.5) is 16.0 Å². The quantitative estimate of drug-likeness (QED) is 0.894. The third-order valence-electron chi connectivity index (χ3n) is 2.07. The number of carbonyl (C=O) groups is 1. The van der Waals surface area contributed by atoms with Crippen molar-refractivity contribution < 1.29 is 14.3 Å². The molecule has 1 aromatic heterocycles. The molecule has 0 aliphatic heterocycles. The zero-order valence-electron chi connectivity index (χ0n) is 8.89. The fourth-order valence-corrected chi connectivity index (χ4v) is 1.47. The number of halogens is 2. The van der Waals surface area contributed by atoms with Crippen molar-refractivity contribution in [1.29, 1.82) is 0 Å². The first-order valence-corrected chi connectivity index (χ1v) is 5.21. The second-order valence-corrected chi connectivity index (χ2v) is 3.76. The summed E-state index contributed by atoms with van der Waals surface area (Å²) in [6, 6.07) is 4.36. The number of carboxylic acid groups (broad SMARTS) is 1. The number of rotatable bonds is 3. The normalized spacial score (nSPS) is 10.1. The van der Waals surface area contributed by atoms with Crippen LogP contribution in [0, 0.1) is 5.82 Å². The Kier molecular flexibility index (Phi) is 3.38. The molecule has 18 heavy (non-hydrogen) atoms. The molecule has 92 valence electrons. The molecule has 0 amide bonds. The highest BCUT2D eigenvalue weighted by Crippen LogP contribution is 2.22. The maximum Gasteiger partial charge on any atom is 0.337 e. The Bertz CT molecular complexity index is 589. The van der Waals surface area contributed by atoms with Gasteiger partial charge in [-0.05, 0) is 18.2 Å². The van der Waals surface area contributed by atoms with E-state index in [-0.39, 0.29) is 16.5 Å². The lowest BCUT2D eigenvalue weighted by atomic mass is 10.2. The van der Waals surface area contributed by atoms with Crippen LogP contribution >= 0.6 is 11.6 Å². The van der Waals surface area contributed by atoms with Crippen molar-refractivity contribution in [1.82, 2.24) is 9.97 Å². The monoisotopic (exact) mass is 267 g/mol. The Morgan fingerprint density at radius 1 is 1.33 bits per heavy atom. The summed E-state index contributed by atoms with van der Waals surface area (Å²) in [6.07, 6.45) is 2.01. The van der Waals surface area contributed by atoms with Gasteiger partial charge in [0.2, 0.25) is 5.95 Å². The molecule has 0 spiro atoms. The van der Waals surface area contributed by atoms with E-state index in [1.165, 1.54) is 12.1 Å². The van der Waals surface area contributed by atoms with E-state index >= 15 is 0 Å². The summed E-state index contributed by atoms with van der Waals surface area (Å²) in [4.78, 5) is 18.3. The maximum absolute atomic E-state index is 12.6. The topological polar surface area (TPSA) is 75.1 Å². The minimum absolute atomic E-state index is 0.0382. The van der Waals surface area contributed by atoms with E-state index in [1.807, 2.05) is 0 Å². The maximum atomic E-state index is 12.6. The van der Waals surface area contributed by atoms with Gasteiger partial charge in [0.05, 0.1) is 23.0 Å². The molecule has 2 rings (SSSR count). The number of aromatic nitrogens is 2. The van der Waals surface area contributed by atoms with E-state index in [1.54, 1.807) is 6.07 Å². The van der Waals surface area contributed by atoms with Crippen molar-refractivity contribution in [2.75, 3.05) is 5.32 Å². The first kappa shape index (κ1) is 12.3. The van der Waals surface area contributed by atoms with Crippen LogP contribution in [0.1, 0.15) is 10.4 Å².